The number of hydrogen-bond donors (Lipinski definition) is 0. The van der Waals surface area contributed by atoms with E-state index >= 15 is 0 Å². The van der Waals surface area contributed by atoms with Crippen LogP contribution in [0.2, 0.25) is 0 Å². The molecule has 1 saturated heterocycles. The lowest BCUT2D eigenvalue weighted by Gasteiger charge is -2.26. The fourth-order valence-corrected chi connectivity index (χ4v) is 4.34. The molecule has 1 fully saturated rings. The number of pyridine rings is 1. The minimum atomic E-state index is 0.0847. The van der Waals surface area contributed by atoms with Crippen LogP contribution >= 0.6 is 0 Å². The Morgan fingerprint density at radius 3 is 2.81 bits per heavy atom. The Morgan fingerprint density at radius 1 is 1.16 bits per heavy atom. The van der Waals surface area contributed by atoms with Crippen LogP contribution in [-0.2, 0) is 9.53 Å². The first kappa shape index (κ1) is 19.6. The third-order valence-electron chi connectivity index (χ3n) is 5.97. The Bertz CT molecular complexity index is 1100. The molecule has 0 N–H and O–H groups in total. The number of methoxy groups -OCH3 is 1. The molecule has 1 atom stereocenters. The third-order valence-corrected chi connectivity index (χ3v) is 5.97. The second-order valence-electron chi connectivity index (χ2n) is 7.89. The average Bonchev–Trinajstić information content (AvgIpc) is 3.47. The van der Waals surface area contributed by atoms with Gasteiger partial charge in [-0.05, 0) is 41.8 Å². The molecule has 5 rings (SSSR count). The summed E-state index contributed by atoms with van der Waals surface area (Å²) < 4.78 is 11.0. The molecule has 1 unspecified atom stereocenters. The highest BCUT2D eigenvalue weighted by Crippen LogP contribution is 2.39. The van der Waals surface area contributed by atoms with Gasteiger partial charge in [0.2, 0.25) is 11.8 Å². The molecule has 0 spiro atoms. The largest absolute Gasteiger partial charge is 0.448 e. The van der Waals surface area contributed by atoms with Crippen LogP contribution in [0, 0.1) is 0 Å². The van der Waals surface area contributed by atoms with Gasteiger partial charge in [-0.3, -0.25) is 9.78 Å². The van der Waals surface area contributed by atoms with Crippen LogP contribution in [0.5, 0.6) is 0 Å². The number of fused-ring (bicyclic) bond motifs is 1. The summed E-state index contributed by atoms with van der Waals surface area (Å²) in [6.07, 6.45) is 11.3. The van der Waals surface area contributed by atoms with E-state index in [4.69, 9.17) is 9.15 Å². The summed E-state index contributed by atoms with van der Waals surface area (Å²) in [6.45, 7) is 2.17. The van der Waals surface area contributed by atoms with Crippen LogP contribution in [-0.4, -0.2) is 37.7 Å². The molecule has 4 heterocycles. The molecule has 6 nitrogen and oxygen atoms in total. The van der Waals surface area contributed by atoms with E-state index in [1.807, 2.05) is 35.5 Å². The van der Waals surface area contributed by atoms with Crippen molar-refractivity contribution in [3.8, 4) is 11.1 Å². The van der Waals surface area contributed by atoms with Gasteiger partial charge < -0.3 is 19.0 Å². The van der Waals surface area contributed by atoms with Crippen LogP contribution < -0.4 is 9.80 Å². The first-order chi connectivity index (χ1) is 15.2. The van der Waals surface area contributed by atoms with Crippen LogP contribution in [0.1, 0.15) is 29.9 Å². The summed E-state index contributed by atoms with van der Waals surface area (Å²) in [6, 6.07) is 12.4. The molecule has 1 aromatic carbocycles. The predicted molar refractivity (Wildman–Crippen MR) is 120 cm³/mol. The summed E-state index contributed by atoms with van der Waals surface area (Å²) in [7, 11) is 1.70. The van der Waals surface area contributed by atoms with E-state index in [1.165, 1.54) is 0 Å². The zero-order valence-electron chi connectivity index (χ0n) is 17.5. The maximum absolute atomic E-state index is 12.0. The summed E-state index contributed by atoms with van der Waals surface area (Å²) in [5.41, 5.74) is 5.34. The summed E-state index contributed by atoms with van der Waals surface area (Å²) >= 11 is 0. The highest BCUT2D eigenvalue weighted by molar-refractivity contribution is 5.95. The topological polar surface area (TPSA) is 58.8 Å². The lowest BCUT2D eigenvalue weighted by molar-refractivity contribution is -0.117. The van der Waals surface area contributed by atoms with E-state index in [-0.39, 0.29) is 11.8 Å². The number of nitrogens with zero attached hydrogens (tertiary/aromatic N) is 3. The van der Waals surface area contributed by atoms with E-state index in [1.54, 1.807) is 13.4 Å². The maximum atomic E-state index is 12.0. The zero-order valence-corrected chi connectivity index (χ0v) is 17.5. The predicted octanol–water partition coefficient (Wildman–Crippen LogP) is 4.58. The Labute approximate surface area is 181 Å². The van der Waals surface area contributed by atoms with Gasteiger partial charge in [-0.25, -0.2) is 0 Å². The van der Waals surface area contributed by atoms with Crippen molar-refractivity contribution in [3.05, 3.63) is 78.5 Å². The number of allylic oxidation sites excluding steroid dienone is 1. The Kier molecular flexibility index (Phi) is 5.30. The van der Waals surface area contributed by atoms with Gasteiger partial charge in [-0.15, -0.1) is 0 Å². The number of benzene rings is 1. The van der Waals surface area contributed by atoms with Crippen molar-refractivity contribution >= 4 is 17.5 Å². The van der Waals surface area contributed by atoms with Crippen molar-refractivity contribution < 1.29 is 13.9 Å². The van der Waals surface area contributed by atoms with Gasteiger partial charge in [0.25, 0.3) is 0 Å². The lowest BCUT2D eigenvalue weighted by Crippen LogP contribution is -2.24. The monoisotopic (exact) mass is 415 g/mol. The van der Waals surface area contributed by atoms with Crippen molar-refractivity contribution in [2.45, 2.75) is 18.8 Å². The van der Waals surface area contributed by atoms with Gasteiger partial charge in [-0.1, -0.05) is 18.2 Å². The zero-order chi connectivity index (χ0) is 21.2. The molecule has 2 aromatic heterocycles. The number of carbonyl (C=O) groups excluding carboxylic acids is 1. The van der Waals surface area contributed by atoms with Crippen LogP contribution in [0.3, 0.4) is 0 Å². The van der Waals surface area contributed by atoms with Crippen LogP contribution in [0.25, 0.3) is 11.1 Å². The molecule has 6 heteroatoms. The van der Waals surface area contributed by atoms with Crippen molar-refractivity contribution in [1.82, 2.24) is 4.98 Å². The first-order valence-electron chi connectivity index (χ1n) is 10.6. The number of furan rings is 1. The van der Waals surface area contributed by atoms with Crippen molar-refractivity contribution in [2.75, 3.05) is 36.6 Å². The number of carbonyl (C=O) groups is 1. The average molecular weight is 415 g/mol. The molecule has 2 aliphatic rings. The standard InChI is InChI=1S/C25H25N3O3/c1-30-14-12-27-11-8-22(23-9-13-31-25(23)27)20-15-19(16-26-17-20)18-4-6-21(7-5-18)28-10-2-3-24(28)29/h4-9,11,13,15-17,22H,2-3,10,12,14H2,1H3. The molecule has 158 valence electrons. The van der Waals surface area contributed by atoms with E-state index in [9.17, 15) is 4.79 Å². The molecule has 2 aliphatic heterocycles. The molecule has 0 aliphatic carbocycles. The fourth-order valence-electron chi connectivity index (χ4n) is 4.34. The second-order valence-corrected chi connectivity index (χ2v) is 7.89. The normalized spacial score (nSPS) is 18.0. The molecular formula is C25H25N3O3. The SMILES string of the molecule is COCCN1C=CC(c2cncc(-c3ccc(N4CCCC4=O)cc3)c2)c2ccoc21. The van der Waals surface area contributed by atoms with Gasteiger partial charge in [0.15, 0.2) is 0 Å². The number of aromatic nitrogens is 1. The van der Waals surface area contributed by atoms with Gasteiger partial charge >= 0.3 is 0 Å². The highest BCUT2D eigenvalue weighted by Gasteiger charge is 2.26. The molecule has 0 bridgehead atoms. The van der Waals surface area contributed by atoms with Gasteiger partial charge in [0.05, 0.1) is 12.9 Å². The van der Waals surface area contributed by atoms with E-state index < -0.39 is 0 Å². The van der Waals surface area contributed by atoms with Crippen molar-refractivity contribution in [3.63, 3.8) is 0 Å². The quantitative estimate of drug-likeness (QED) is 0.590. The number of hydrogen-bond acceptors (Lipinski definition) is 5. The third kappa shape index (κ3) is 3.75. The minimum Gasteiger partial charge on any atom is -0.448 e. The van der Waals surface area contributed by atoms with Gasteiger partial charge in [0.1, 0.15) is 0 Å². The van der Waals surface area contributed by atoms with Crippen LogP contribution in [0.15, 0.2) is 71.7 Å². The summed E-state index contributed by atoms with van der Waals surface area (Å²) in [4.78, 5) is 20.4. The van der Waals surface area contributed by atoms with Gasteiger partial charge in [0, 0.05) is 67.9 Å². The van der Waals surface area contributed by atoms with Gasteiger partial charge in [-0.2, -0.15) is 0 Å². The highest BCUT2D eigenvalue weighted by atomic mass is 16.5. The van der Waals surface area contributed by atoms with E-state index in [0.29, 0.717) is 13.0 Å². The van der Waals surface area contributed by atoms with E-state index in [2.05, 4.69) is 40.4 Å². The smallest absolute Gasteiger partial charge is 0.227 e. The summed E-state index contributed by atoms with van der Waals surface area (Å²) in [5, 5.41) is 0. The molecular weight excluding hydrogens is 390 g/mol. The Morgan fingerprint density at radius 2 is 2.03 bits per heavy atom. The Hall–Kier alpha value is -3.38. The number of rotatable bonds is 6. The Balaban J connectivity index is 1.40. The van der Waals surface area contributed by atoms with Crippen LogP contribution in [0.4, 0.5) is 11.6 Å². The molecule has 0 radical (unpaired) electrons. The molecule has 1 amide bonds. The maximum Gasteiger partial charge on any atom is 0.227 e. The minimum absolute atomic E-state index is 0.0847. The van der Waals surface area contributed by atoms with Crippen molar-refractivity contribution in [2.24, 2.45) is 0 Å². The lowest BCUT2D eigenvalue weighted by atomic mass is 9.90. The number of ether oxygens (including phenoxy) is 1. The van der Waals surface area contributed by atoms with Crippen molar-refractivity contribution in [1.29, 1.82) is 0 Å². The summed E-state index contributed by atoms with van der Waals surface area (Å²) in [5.74, 6) is 1.15. The molecule has 0 saturated carbocycles. The first-order valence-corrected chi connectivity index (χ1v) is 10.6. The number of anilines is 2. The number of amides is 1. The molecule has 31 heavy (non-hydrogen) atoms. The van der Waals surface area contributed by atoms with E-state index in [0.717, 1.165) is 53.3 Å². The molecule has 3 aromatic rings. The second kappa shape index (κ2) is 8.40. The fraction of sp³-hybridized carbons (Fsp3) is 0.280.